The van der Waals surface area contributed by atoms with Gasteiger partial charge in [0.2, 0.25) is 5.91 Å². The van der Waals surface area contributed by atoms with Crippen molar-refractivity contribution in [2.24, 2.45) is 5.92 Å². The van der Waals surface area contributed by atoms with Gasteiger partial charge in [0, 0.05) is 29.2 Å². The Labute approximate surface area is 161 Å². The molecule has 1 aromatic carbocycles. The van der Waals surface area contributed by atoms with Crippen molar-refractivity contribution >= 4 is 17.3 Å². The van der Waals surface area contributed by atoms with Crippen molar-refractivity contribution in [3.8, 4) is 11.3 Å². The second-order valence-electron chi connectivity index (χ2n) is 6.90. The van der Waals surface area contributed by atoms with Crippen LogP contribution < -0.4 is 10.6 Å². The van der Waals surface area contributed by atoms with E-state index in [0.717, 1.165) is 11.3 Å². The Morgan fingerprint density at radius 2 is 1.89 bits per heavy atom. The van der Waals surface area contributed by atoms with Crippen molar-refractivity contribution < 1.29 is 18.0 Å². The normalized spacial score (nSPS) is 19.7. The molecule has 0 aliphatic heterocycles. The minimum atomic E-state index is -4.12. The lowest BCUT2D eigenvalue weighted by molar-refractivity contribution is -0.182. The fourth-order valence-corrected chi connectivity index (χ4v) is 3.46. The Morgan fingerprint density at radius 1 is 1.14 bits per heavy atom. The van der Waals surface area contributed by atoms with Gasteiger partial charge in [-0.2, -0.15) is 13.2 Å². The van der Waals surface area contributed by atoms with Crippen LogP contribution in [0.25, 0.3) is 11.3 Å². The summed E-state index contributed by atoms with van der Waals surface area (Å²) in [5.41, 5.74) is 2.87. The zero-order chi connectivity index (χ0) is 20.1. The van der Waals surface area contributed by atoms with Crippen LogP contribution in [0.15, 0.2) is 55.3 Å². The number of hydrogen-bond donors (Lipinski definition) is 2. The third-order valence-corrected chi connectivity index (χ3v) is 4.96. The maximum Gasteiger partial charge on any atom is 0.391 e. The smallest absolute Gasteiger partial charge is 0.382 e. The maximum atomic E-state index is 12.9. The first-order valence-electron chi connectivity index (χ1n) is 9.19. The number of carbonyl (C=O) groups excluding carboxylic acids is 1. The third kappa shape index (κ3) is 4.91. The first-order chi connectivity index (χ1) is 13.4. The van der Waals surface area contributed by atoms with E-state index in [4.69, 9.17) is 0 Å². The summed E-state index contributed by atoms with van der Waals surface area (Å²) in [5, 5.41) is 6.09. The van der Waals surface area contributed by atoms with Gasteiger partial charge in [-0.1, -0.05) is 12.6 Å². The standard InChI is InChI=1S/C21H22F3N3O/c1-2-20(28)27-16-10-11-19(17(13-16)18-5-3-4-12-25-18)26-15-8-6-14(7-9-15)21(22,23)24/h2-5,10-15,26H,1,6-9H2,(H,27,28). The number of rotatable bonds is 5. The van der Waals surface area contributed by atoms with Crippen LogP contribution in [0.2, 0.25) is 0 Å². The maximum absolute atomic E-state index is 12.9. The molecule has 0 unspecified atom stereocenters. The number of nitrogens with zero attached hydrogens (tertiary/aromatic N) is 1. The zero-order valence-electron chi connectivity index (χ0n) is 15.3. The highest BCUT2D eigenvalue weighted by atomic mass is 19.4. The number of nitrogens with one attached hydrogen (secondary N) is 2. The van der Waals surface area contributed by atoms with E-state index in [1.54, 1.807) is 24.4 Å². The molecule has 3 rings (SSSR count). The van der Waals surface area contributed by atoms with E-state index in [2.05, 4.69) is 22.2 Å². The van der Waals surface area contributed by atoms with E-state index in [9.17, 15) is 18.0 Å². The second-order valence-corrected chi connectivity index (χ2v) is 6.90. The van der Waals surface area contributed by atoms with Gasteiger partial charge in [0.1, 0.15) is 0 Å². The molecule has 1 aliphatic carbocycles. The summed E-state index contributed by atoms with van der Waals surface area (Å²) in [6.07, 6.45) is -0.0772. The van der Waals surface area contributed by atoms with Crippen LogP contribution in [0, 0.1) is 5.92 Å². The van der Waals surface area contributed by atoms with Crippen LogP contribution in [0.5, 0.6) is 0 Å². The lowest BCUT2D eigenvalue weighted by atomic mass is 9.85. The monoisotopic (exact) mass is 389 g/mol. The van der Waals surface area contributed by atoms with Gasteiger partial charge in [-0.15, -0.1) is 0 Å². The molecule has 0 bridgehead atoms. The average molecular weight is 389 g/mol. The number of benzene rings is 1. The Balaban J connectivity index is 1.80. The number of pyridine rings is 1. The van der Waals surface area contributed by atoms with E-state index < -0.39 is 12.1 Å². The van der Waals surface area contributed by atoms with E-state index in [1.807, 2.05) is 18.2 Å². The minimum absolute atomic E-state index is 0.0327. The molecule has 0 spiro atoms. The van der Waals surface area contributed by atoms with Gasteiger partial charge in [0.25, 0.3) is 0 Å². The summed E-state index contributed by atoms with van der Waals surface area (Å²) in [6, 6.07) is 10.8. The summed E-state index contributed by atoms with van der Waals surface area (Å²) in [7, 11) is 0. The van der Waals surface area contributed by atoms with Crippen LogP contribution in [-0.4, -0.2) is 23.1 Å². The van der Waals surface area contributed by atoms with Gasteiger partial charge in [-0.3, -0.25) is 9.78 Å². The van der Waals surface area contributed by atoms with E-state index in [-0.39, 0.29) is 24.8 Å². The summed E-state index contributed by atoms with van der Waals surface area (Å²) >= 11 is 0. The van der Waals surface area contributed by atoms with E-state index in [0.29, 0.717) is 24.2 Å². The summed E-state index contributed by atoms with van der Waals surface area (Å²) in [4.78, 5) is 16.0. The molecule has 0 radical (unpaired) electrons. The molecule has 1 aliphatic rings. The number of aromatic nitrogens is 1. The number of anilines is 2. The van der Waals surface area contributed by atoms with Gasteiger partial charge >= 0.3 is 6.18 Å². The van der Waals surface area contributed by atoms with Crippen molar-refractivity contribution in [3.05, 3.63) is 55.3 Å². The molecule has 1 aromatic heterocycles. The second kappa shape index (κ2) is 8.46. The molecule has 28 heavy (non-hydrogen) atoms. The molecule has 1 heterocycles. The molecule has 0 atom stereocenters. The lowest BCUT2D eigenvalue weighted by Crippen LogP contribution is -2.32. The summed E-state index contributed by atoms with van der Waals surface area (Å²) in [5.74, 6) is -1.53. The topological polar surface area (TPSA) is 54.0 Å². The van der Waals surface area contributed by atoms with Crippen molar-refractivity contribution in [3.63, 3.8) is 0 Å². The molecule has 1 fully saturated rings. The predicted molar refractivity (Wildman–Crippen MR) is 104 cm³/mol. The minimum Gasteiger partial charge on any atom is -0.382 e. The van der Waals surface area contributed by atoms with Gasteiger partial charge in [0.05, 0.1) is 11.6 Å². The highest BCUT2D eigenvalue weighted by Gasteiger charge is 2.41. The van der Waals surface area contributed by atoms with Gasteiger partial charge in [-0.25, -0.2) is 0 Å². The van der Waals surface area contributed by atoms with Crippen molar-refractivity contribution in [2.45, 2.75) is 37.9 Å². The quantitative estimate of drug-likeness (QED) is 0.673. The van der Waals surface area contributed by atoms with Crippen LogP contribution >= 0.6 is 0 Å². The molecule has 0 saturated heterocycles. The Bertz CT molecular complexity index is 829. The average Bonchev–Trinajstić information content (AvgIpc) is 2.69. The molecule has 1 saturated carbocycles. The first kappa shape index (κ1) is 19.9. The Hall–Kier alpha value is -2.83. The SMILES string of the molecule is C=CC(=O)Nc1ccc(NC2CCC(C(F)(F)F)CC2)c(-c2ccccn2)c1. The van der Waals surface area contributed by atoms with Crippen LogP contribution in [-0.2, 0) is 4.79 Å². The van der Waals surface area contributed by atoms with Gasteiger partial charge in [0.15, 0.2) is 0 Å². The summed E-state index contributed by atoms with van der Waals surface area (Å²) in [6.45, 7) is 3.44. The number of alkyl halides is 3. The molecular weight excluding hydrogens is 367 g/mol. The highest BCUT2D eigenvalue weighted by molar-refractivity contribution is 5.99. The third-order valence-electron chi connectivity index (χ3n) is 4.96. The van der Waals surface area contributed by atoms with Gasteiger partial charge in [-0.05, 0) is 62.1 Å². The van der Waals surface area contributed by atoms with Crippen LogP contribution in [0.3, 0.4) is 0 Å². The lowest BCUT2D eigenvalue weighted by Gasteiger charge is -2.31. The Morgan fingerprint density at radius 3 is 2.50 bits per heavy atom. The Kier molecular flexibility index (Phi) is 6.02. The summed E-state index contributed by atoms with van der Waals surface area (Å²) < 4.78 is 38.7. The molecule has 4 nitrogen and oxygen atoms in total. The van der Waals surface area contributed by atoms with Crippen LogP contribution in [0.4, 0.5) is 24.5 Å². The van der Waals surface area contributed by atoms with Crippen molar-refractivity contribution in [2.75, 3.05) is 10.6 Å². The number of carbonyl (C=O) groups is 1. The molecule has 1 amide bonds. The fraction of sp³-hybridized carbons (Fsp3) is 0.333. The first-order valence-corrected chi connectivity index (χ1v) is 9.19. The van der Waals surface area contributed by atoms with Gasteiger partial charge < -0.3 is 10.6 Å². The van der Waals surface area contributed by atoms with Crippen LogP contribution in [0.1, 0.15) is 25.7 Å². The van der Waals surface area contributed by atoms with E-state index >= 15 is 0 Å². The highest BCUT2D eigenvalue weighted by Crippen LogP contribution is 2.39. The zero-order valence-corrected chi connectivity index (χ0v) is 15.3. The van der Waals surface area contributed by atoms with Crippen molar-refractivity contribution in [1.82, 2.24) is 4.98 Å². The number of amides is 1. The molecular formula is C21H22F3N3O. The molecule has 7 heteroatoms. The van der Waals surface area contributed by atoms with Crippen molar-refractivity contribution in [1.29, 1.82) is 0 Å². The largest absolute Gasteiger partial charge is 0.391 e. The molecule has 2 N–H and O–H groups in total. The predicted octanol–water partition coefficient (Wildman–Crippen LogP) is 5.41. The number of hydrogen-bond acceptors (Lipinski definition) is 3. The number of halogens is 3. The fourth-order valence-electron chi connectivity index (χ4n) is 3.46. The molecule has 148 valence electrons. The molecule has 2 aromatic rings. The van der Waals surface area contributed by atoms with E-state index in [1.165, 1.54) is 6.08 Å².